The van der Waals surface area contributed by atoms with Crippen LogP contribution in [0.5, 0.6) is 0 Å². The lowest BCUT2D eigenvalue weighted by atomic mass is 10.1. The molecule has 2 aromatic rings. The van der Waals surface area contributed by atoms with E-state index in [-0.39, 0.29) is 11.8 Å². The van der Waals surface area contributed by atoms with Crippen molar-refractivity contribution in [2.45, 2.75) is 26.3 Å². The van der Waals surface area contributed by atoms with Crippen LogP contribution in [0.2, 0.25) is 5.02 Å². The lowest BCUT2D eigenvalue weighted by molar-refractivity contribution is -0.117. The van der Waals surface area contributed by atoms with Gasteiger partial charge in [-0.15, -0.1) is 0 Å². The number of nitrogens with zero attached hydrogens (tertiary/aromatic N) is 3. The molecule has 3 rings (SSSR count). The fraction of sp³-hybridized carbons (Fsp3) is 0.353. The number of halogens is 1. The van der Waals surface area contributed by atoms with Gasteiger partial charge in [0.1, 0.15) is 11.5 Å². The fourth-order valence-corrected chi connectivity index (χ4v) is 3.00. The van der Waals surface area contributed by atoms with Gasteiger partial charge in [-0.05, 0) is 31.5 Å². The van der Waals surface area contributed by atoms with Gasteiger partial charge in [0, 0.05) is 31.6 Å². The summed E-state index contributed by atoms with van der Waals surface area (Å²) in [4.78, 5) is 27.8. The molecule has 0 unspecified atom stereocenters. The Morgan fingerprint density at radius 2 is 2.21 bits per heavy atom. The number of hydrogen-bond donors (Lipinski definition) is 0. The Morgan fingerprint density at radius 3 is 2.83 bits per heavy atom. The summed E-state index contributed by atoms with van der Waals surface area (Å²) in [5.41, 5.74) is 1.76. The molecule has 2 amide bonds. The predicted molar refractivity (Wildman–Crippen MR) is 90.1 cm³/mol. The number of aromatic nitrogens is 1. The molecule has 0 N–H and O–H groups in total. The Labute approximate surface area is 145 Å². The second-order valence-electron chi connectivity index (χ2n) is 5.91. The van der Waals surface area contributed by atoms with Crippen LogP contribution in [-0.2, 0) is 11.3 Å². The minimum atomic E-state index is -0.166. The molecule has 0 atom stereocenters. The number of carbonyl (C=O) groups is 2. The maximum Gasteiger partial charge on any atom is 0.254 e. The molecule has 0 spiro atoms. The first kappa shape index (κ1) is 16.5. The molecule has 1 saturated heterocycles. The van der Waals surface area contributed by atoms with E-state index in [4.69, 9.17) is 16.1 Å². The molecule has 0 bridgehead atoms. The van der Waals surface area contributed by atoms with Crippen molar-refractivity contribution < 1.29 is 14.1 Å². The van der Waals surface area contributed by atoms with Gasteiger partial charge >= 0.3 is 0 Å². The Morgan fingerprint density at radius 1 is 1.42 bits per heavy atom. The minimum absolute atomic E-state index is 0.0351. The summed E-state index contributed by atoms with van der Waals surface area (Å²) in [6, 6.07) is 6.79. The molecule has 1 fully saturated rings. The topological polar surface area (TPSA) is 66.7 Å². The van der Waals surface area contributed by atoms with Crippen molar-refractivity contribution in [3.63, 3.8) is 0 Å². The van der Waals surface area contributed by atoms with Crippen molar-refractivity contribution >= 4 is 29.1 Å². The van der Waals surface area contributed by atoms with Gasteiger partial charge < -0.3 is 14.3 Å². The third-order valence-corrected chi connectivity index (χ3v) is 4.30. The highest BCUT2D eigenvalue weighted by Gasteiger charge is 2.25. The number of rotatable bonds is 4. The number of benzene rings is 1. The third kappa shape index (κ3) is 3.28. The fourth-order valence-electron chi connectivity index (χ4n) is 2.78. The second kappa shape index (κ2) is 6.65. The summed E-state index contributed by atoms with van der Waals surface area (Å²) >= 11 is 6.22. The Hall–Kier alpha value is -2.34. The summed E-state index contributed by atoms with van der Waals surface area (Å²) in [5.74, 6) is 0.570. The number of anilines is 1. The molecular weight excluding hydrogens is 330 g/mol. The molecule has 1 aromatic heterocycles. The predicted octanol–water partition coefficient (Wildman–Crippen LogP) is 3.04. The zero-order valence-corrected chi connectivity index (χ0v) is 14.3. The van der Waals surface area contributed by atoms with Gasteiger partial charge in [-0.2, -0.15) is 0 Å². The van der Waals surface area contributed by atoms with E-state index in [1.807, 2.05) is 0 Å². The standard InChI is InChI=1S/C17H18ClN3O3/c1-11-8-13(19-24-11)10-20(2)17(23)12-5-6-14(18)15(9-12)21-7-3-4-16(21)22/h5-6,8-9H,3-4,7,10H2,1-2H3. The summed E-state index contributed by atoms with van der Waals surface area (Å²) in [6.45, 7) is 2.78. The van der Waals surface area contributed by atoms with E-state index in [9.17, 15) is 9.59 Å². The molecular formula is C17H18ClN3O3. The lowest BCUT2D eigenvalue weighted by Crippen LogP contribution is -2.28. The van der Waals surface area contributed by atoms with Crippen LogP contribution in [0.25, 0.3) is 0 Å². The molecule has 1 aliphatic rings. The van der Waals surface area contributed by atoms with Crippen LogP contribution in [0.1, 0.15) is 34.7 Å². The zero-order chi connectivity index (χ0) is 17.3. The van der Waals surface area contributed by atoms with Crippen LogP contribution < -0.4 is 4.90 Å². The molecule has 0 saturated carbocycles. The smallest absolute Gasteiger partial charge is 0.254 e. The van der Waals surface area contributed by atoms with E-state index in [1.54, 1.807) is 48.0 Å². The number of aryl methyl sites for hydroxylation is 1. The quantitative estimate of drug-likeness (QED) is 0.852. The molecule has 6 nitrogen and oxygen atoms in total. The van der Waals surface area contributed by atoms with E-state index in [0.717, 1.165) is 6.42 Å². The highest BCUT2D eigenvalue weighted by molar-refractivity contribution is 6.34. The molecule has 126 valence electrons. The van der Waals surface area contributed by atoms with E-state index in [2.05, 4.69) is 5.16 Å². The zero-order valence-electron chi connectivity index (χ0n) is 13.6. The SMILES string of the molecule is Cc1cc(CN(C)C(=O)c2ccc(Cl)c(N3CCCC3=O)c2)no1. The monoisotopic (exact) mass is 347 g/mol. The van der Waals surface area contributed by atoms with Crippen molar-refractivity contribution in [1.29, 1.82) is 0 Å². The van der Waals surface area contributed by atoms with E-state index >= 15 is 0 Å². The second-order valence-corrected chi connectivity index (χ2v) is 6.31. The summed E-state index contributed by atoms with van der Waals surface area (Å²) in [7, 11) is 1.70. The average Bonchev–Trinajstić information content (AvgIpc) is 3.15. The van der Waals surface area contributed by atoms with Gasteiger partial charge in [0.25, 0.3) is 5.91 Å². The van der Waals surface area contributed by atoms with Gasteiger partial charge in [0.15, 0.2) is 0 Å². The van der Waals surface area contributed by atoms with Gasteiger partial charge in [-0.25, -0.2) is 0 Å². The molecule has 24 heavy (non-hydrogen) atoms. The molecule has 0 aliphatic carbocycles. The van der Waals surface area contributed by atoms with Crippen molar-refractivity contribution in [1.82, 2.24) is 10.1 Å². The third-order valence-electron chi connectivity index (χ3n) is 3.98. The summed E-state index contributed by atoms with van der Waals surface area (Å²) < 4.78 is 5.02. The maximum absolute atomic E-state index is 12.6. The van der Waals surface area contributed by atoms with Crippen molar-refractivity contribution in [2.75, 3.05) is 18.5 Å². The van der Waals surface area contributed by atoms with Crippen molar-refractivity contribution in [2.24, 2.45) is 0 Å². The largest absolute Gasteiger partial charge is 0.361 e. The van der Waals surface area contributed by atoms with Crippen molar-refractivity contribution in [3.8, 4) is 0 Å². The Kier molecular flexibility index (Phi) is 4.57. The first-order chi connectivity index (χ1) is 11.5. The van der Waals surface area contributed by atoms with Crippen LogP contribution in [0.4, 0.5) is 5.69 Å². The van der Waals surface area contributed by atoms with Gasteiger partial charge in [-0.3, -0.25) is 9.59 Å². The summed E-state index contributed by atoms with van der Waals surface area (Å²) in [5, 5.41) is 4.36. The number of amides is 2. The van der Waals surface area contributed by atoms with Gasteiger partial charge in [0.05, 0.1) is 17.3 Å². The first-order valence-corrected chi connectivity index (χ1v) is 8.11. The van der Waals surface area contributed by atoms with E-state index in [0.29, 0.717) is 47.2 Å². The number of carbonyl (C=O) groups excluding carboxylic acids is 2. The van der Waals surface area contributed by atoms with Crippen LogP contribution in [-0.4, -0.2) is 35.5 Å². The Bertz CT molecular complexity index is 787. The molecule has 0 radical (unpaired) electrons. The maximum atomic E-state index is 12.6. The van der Waals surface area contributed by atoms with Crippen LogP contribution in [0.15, 0.2) is 28.8 Å². The Balaban J connectivity index is 1.80. The molecule has 2 heterocycles. The lowest BCUT2D eigenvalue weighted by Gasteiger charge is -2.20. The van der Waals surface area contributed by atoms with Gasteiger partial charge in [0.2, 0.25) is 5.91 Å². The first-order valence-electron chi connectivity index (χ1n) is 7.73. The minimum Gasteiger partial charge on any atom is -0.361 e. The van der Waals surface area contributed by atoms with Crippen LogP contribution in [0, 0.1) is 6.92 Å². The summed E-state index contributed by atoms with van der Waals surface area (Å²) in [6.07, 6.45) is 1.32. The normalized spacial score (nSPS) is 14.3. The van der Waals surface area contributed by atoms with Gasteiger partial charge in [-0.1, -0.05) is 16.8 Å². The average molecular weight is 348 g/mol. The van der Waals surface area contributed by atoms with E-state index < -0.39 is 0 Å². The highest BCUT2D eigenvalue weighted by Crippen LogP contribution is 2.30. The molecule has 1 aliphatic heterocycles. The highest BCUT2D eigenvalue weighted by atomic mass is 35.5. The van der Waals surface area contributed by atoms with E-state index in [1.165, 1.54) is 0 Å². The molecule has 7 heteroatoms. The molecule has 1 aromatic carbocycles. The van der Waals surface area contributed by atoms with Crippen LogP contribution in [0.3, 0.4) is 0 Å². The van der Waals surface area contributed by atoms with Crippen LogP contribution >= 0.6 is 11.6 Å². The number of hydrogen-bond acceptors (Lipinski definition) is 4. The van der Waals surface area contributed by atoms with Crippen molar-refractivity contribution in [3.05, 3.63) is 46.3 Å².